The van der Waals surface area contributed by atoms with Gasteiger partial charge in [-0.15, -0.1) is 0 Å². The lowest BCUT2D eigenvalue weighted by Crippen LogP contribution is -2.47. The highest BCUT2D eigenvalue weighted by molar-refractivity contribution is 5.60. The first kappa shape index (κ1) is 19.9. The Hall–Kier alpha value is -2.38. The van der Waals surface area contributed by atoms with Crippen LogP contribution in [0.1, 0.15) is 11.1 Å². The van der Waals surface area contributed by atoms with E-state index in [1.807, 2.05) is 60.7 Å². The van der Waals surface area contributed by atoms with Crippen molar-refractivity contribution in [1.82, 2.24) is 0 Å². The molecule has 26 heavy (non-hydrogen) atoms. The standard InChI is InChI=1S/C20H22O6/c21-11-17(25-13-15-7-3-1-4-8-15)19(23)20(24)18(12-22)26-14-16-9-5-2-6-10-16/h1-12,17-20,23-24H,13-14H2/t17-,18-,19-,20-/m1/s1. The molecule has 0 saturated heterocycles. The topological polar surface area (TPSA) is 93.1 Å². The number of hydrogen-bond donors (Lipinski definition) is 2. The lowest BCUT2D eigenvalue weighted by atomic mass is 10.0. The monoisotopic (exact) mass is 358 g/mol. The van der Waals surface area contributed by atoms with Gasteiger partial charge >= 0.3 is 0 Å². The molecule has 0 spiro atoms. The van der Waals surface area contributed by atoms with Gasteiger partial charge < -0.3 is 29.3 Å². The van der Waals surface area contributed by atoms with E-state index in [9.17, 15) is 19.8 Å². The van der Waals surface area contributed by atoms with Crippen LogP contribution in [0.5, 0.6) is 0 Å². The smallest absolute Gasteiger partial charge is 0.151 e. The predicted molar refractivity (Wildman–Crippen MR) is 94.2 cm³/mol. The van der Waals surface area contributed by atoms with E-state index in [0.717, 1.165) is 11.1 Å². The molecule has 6 nitrogen and oxygen atoms in total. The van der Waals surface area contributed by atoms with Crippen molar-refractivity contribution in [3.63, 3.8) is 0 Å². The largest absolute Gasteiger partial charge is 0.387 e. The summed E-state index contributed by atoms with van der Waals surface area (Å²) in [6.45, 7) is 0.176. The van der Waals surface area contributed by atoms with Crippen molar-refractivity contribution in [2.45, 2.75) is 37.6 Å². The van der Waals surface area contributed by atoms with E-state index in [0.29, 0.717) is 12.6 Å². The molecule has 0 fully saturated rings. The number of aliphatic hydroxyl groups excluding tert-OH is 2. The number of ether oxygens (including phenoxy) is 2. The van der Waals surface area contributed by atoms with Gasteiger partial charge in [-0.05, 0) is 11.1 Å². The molecule has 2 rings (SSSR count). The number of carbonyl (C=O) groups is 2. The fourth-order valence-corrected chi connectivity index (χ4v) is 2.36. The van der Waals surface area contributed by atoms with Crippen LogP contribution in [-0.4, -0.2) is 47.2 Å². The minimum Gasteiger partial charge on any atom is -0.387 e. The molecule has 6 heteroatoms. The zero-order chi connectivity index (χ0) is 18.8. The summed E-state index contributed by atoms with van der Waals surface area (Å²) < 4.78 is 10.7. The molecule has 0 radical (unpaired) electrons. The molecule has 0 aliphatic carbocycles. The first-order valence-electron chi connectivity index (χ1n) is 8.23. The zero-order valence-electron chi connectivity index (χ0n) is 14.2. The van der Waals surface area contributed by atoms with Gasteiger partial charge in [0.15, 0.2) is 12.6 Å². The highest BCUT2D eigenvalue weighted by Gasteiger charge is 2.33. The summed E-state index contributed by atoms with van der Waals surface area (Å²) in [4.78, 5) is 22.5. The molecular weight excluding hydrogens is 336 g/mol. The maximum Gasteiger partial charge on any atom is 0.151 e. The van der Waals surface area contributed by atoms with Gasteiger partial charge in [0.25, 0.3) is 0 Å². The van der Waals surface area contributed by atoms with E-state index >= 15 is 0 Å². The Morgan fingerprint density at radius 3 is 1.35 bits per heavy atom. The van der Waals surface area contributed by atoms with E-state index in [4.69, 9.17) is 9.47 Å². The van der Waals surface area contributed by atoms with Gasteiger partial charge in [0.2, 0.25) is 0 Å². The molecule has 0 aromatic heterocycles. The Morgan fingerprint density at radius 2 is 1.04 bits per heavy atom. The molecule has 2 aromatic carbocycles. The highest BCUT2D eigenvalue weighted by atomic mass is 16.5. The fraction of sp³-hybridized carbons (Fsp3) is 0.300. The maximum atomic E-state index is 11.2. The van der Waals surface area contributed by atoms with Crippen LogP contribution < -0.4 is 0 Å². The van der Waals surface area contributed by atoms with E-state index < -0.39 is 24.4 Å². The van der Waals surface area contributed by atoms with Crippen LogP contribution in [0.3, 0.4) is 0 Å². The lowest BCUT2D eigenvalue weighted by molar-refractivity contribution is -0.156. The van der Waals surface area contributed by atoms with Gasteiger partial charge in [-0.1, -0.05) is 60.7 Å². The second kappa shape index (κ2) is 10.6. The predicted octanol–water partition coefficient (Wildman–Crippen LogP) is 1.28. The van der Waals surface area contributed by atoms with Crippen molar-refractivity contribution in [2.75, 3.05) is 0 Å². The quantitative estimate of drug-likeness (QED) is 0.588. The summed E-state index contributed by atoms with van der Waals surface area (Å²) in [5.74, 6) is 0. The van der Waals surface area contributed by atoms with Crippen LogP contribution in [0.15, 0.2) is 60.7 Å². The number of rotatable bonds is 11. The van der Waals surface area contributed by atoms with E-state index in [2.05, 4.69) is 0 Å². The van der Waals surface area contributed by atoms with E-state index in [-0.39, 0.29) is 13.2 Å². The van der Waals surface area contributed by atoms with Crippen LogP contribution in [0.25, 0.3) is 0 Å². The molecule has 2 aromatic rings. The molecule has 0 aliphatic heterocycles. The SMILES string of the molecule is O=C[C@@H](OCc1ccccc1)[C@@H](O)[C@H](O)[C@@H](C=O)OCc1ccccc1. The van der Waals surface area contributed by atoms with Crippen LogP contribution in [0.4, 0.5) is 0 Å². The second-order valence-electron chi connectivity index (χ2n) is 5.78. The maximum absolute atomic E-state index is 11.2. The number of aldehydes is 2. The molecule has 0 amide bonds. The van der Waals surface area contributed by atoms with Crippen LogP contribution in [0.2, 0.25) is 0 Å². The Balaban J connectivity index is 1.91. The Morgan fingerprint density at radius 1 is 0.692 bits per heavy atom. The fourth-order valence-electron chi connectivity index (χ4n) is 2.36. The molecule has 0 unspecified atom stereocenters. The molecule has 138 valence electrons. The molecule has 0 heterocycles. The Bertz CT molecular complexity index is 601. The second-order valence-corrected chi connectivity index (χ2v) is 5.78. The van der Waals surface area contributed by atoms with Crippen molar-refractivity contribution < 1.29 is 29.3 Å². The summed E-state index contributed by atoms with van der Waals surface area (Å²) in [7, 11) is 0. The summed E-state index contributed by atoms with van der Waals surface area (Å²) in [5.41, 5.74) is 1.63. The minimum atomic E-state index is -1.60. The summed E-state index contributed by atoms with van der Waals surface area (Å²) in [6, 6.07) is 18.2. The van der Waals surface area contributed by atoms with Crippen molar-refractivity contribution in [3.8, 4) is 0 Å². The third kappa shape index (κ3) is 5.86. The van der Waals surface area contributed by atoms with Gasteiger partial charge in [-0.3, -0.25) is 0 Å². The van der Waals surface area contributed by atoms with Crippen LogP contribution in [0, 0.1) is 0 Å². The lowest BCUT2D eigenvalue weighted by Gasteiger charge is -2.26. The van der Waals surface area contributed by atoms with E-state index in [1.165, 1.54) is 0 Å². The summed E-state index contributed by atoms with van der Waals surface area (Å²) in [5, 5.41) is 20.4. The summed E-state index contributed by atoms with van der Waals surface area (Å²) in [6.07, 6.45) is -4.96. The molecule has 0 saturated carbocycles. The normalized spacial score (nSPS) is 15.6. The third-order valence-corrected chi connectivity index (χ3v) is 3.86. The number of carbonyl (C=O) groups excluding carboxylic acids is 2. The first-order chi connectivity index (χ1) is 12.7. The van der Waals surface area contributed by atoms with Crippen molar-refractivity contribution in [1.29, 1.82) is 0 Å². The molecule has 0 aliphatic rings. The molecule has 0 bridgehead atoms. The molecule has 4 atom stereocenters. The Labute approximate surface area is 152 Å². The first-order valence-corrected chi connectivity index (χ1v) is 8.23. The van der Waals surface area contributed by atoms with Gasteiger partial charge in [-0.2, -0.15) is 0 Å². The Kier molecular flexibility index (Phi) is 8.11. The average Bonchev–Trinajstić information content (AvgIpc) is 2.70. The van der Waals surface area contributed by atoms with Gasteiger partial charge in [-0.25, -0.2) is 0 Å². The highest BCUT2D eigenvalue weighted by Crippen LogP contribution is 2.13. The van der Waals surface area contributed by atoms with Crippen LogP contribution >= 0.6 is 0 Å². The average molecular weight is 358 g/mol. The van der Waals surface area contributed by atoms with Gasteiger partial charge in [0, 0.05) is 0 Å². The zero-order valence-corrected chi connectivity index (χ0v) is 14.2. The minimum absolute atomic E-state index is 0.0880. The summed E-state index contributed by atoms with van der Waals surface area (Å²) >= 11 is 0. The van der Waals surface area contributed by atoms with Crippen LogP contribution in [-0.2, 0) is 32.3 Å². The van der Waals surface area contributed by atoms with E-state index in [1.54, 1.807) is 0 Å². The van der Waals surface area contributed by atoms with Gasteiger partial charge in [0.1, 0.15) is 24.4 Å². The molecular formula is C20H22O6. The van der Waals surface area contributed by atoms with Crippen molar-refractivity contribution >= 4 is 12.6 Å². The van der Waals surface area contributed by atoms with Crippen molar-refractivity contribution in [3.05, 3.63) is 71.8 Å². The third-order valence-electron chi connectivity index (χ3n) is 3.86. The molecule has 2 N–H and O–H groups in total. The van der Waals surface area contributed by atoms with Crippen molar-refractivity contribution in [2.24, 2.45) is 0 Å². The number of benzene rings is 2. The number of aliphatic hydroxyl groups is 2. The number of hydrogen-bond acceptors (Lipinski definition) is 6. The van der Waals surface area contributed by atoms with Gasteiger partial charge in [0.05, 0.1) is 13.2 Å².